The van der Waals surface area contributed by atoms with Gasteiger partial charge in [0.15, 0.2) is 12.0 Å². The van der Waals surface area contributed by atoms with Crippen LogP contribution in [0.3, 0.4) is 0 Å². The Kier molecular flexibility index (Phi) is 3.99. The minimum absolute atomic E-state index is 0.208. The van der Waals surface area contributed by atoms with Crippen molar-refractivity contribution in [3.63, 3.8) is 0 Å². The monoisotopic (exact) mass is 325 g/mol. The zero-order valence-electron chi connectivity index (χ0n) is 13.4. The maximum atomic E-state index is 8.96. The fourth-order valence-corrected chi connectivity index (χ4v) is 3.42. The van der Waals surface area contributed by atoms with Crippen molar-refractivity contribution in [3.05, 3.63) is 30.2 Å². The Hall–Kier alpha value is -2.69. The second-order valence-electron chi connectivity index (χ2n) is 6.33. The highest BCUT2D eigenvalue weighted by Crippen LogP contribution is 2.30. The van der Waals surface area contributed by atoms with Gasteiger partial charge in [-0.05, 0) is 25.3 Å². The quantitative estimate of drug-likeness (QED) is 0.784. The van der Waals surface area contributed by atoms with E-state index in [0.717, 1.165) is 56.6 Å². The molecule has 0 aliphatic carbocycles. The molecule has 0 spiro atoms. The van der Waals surface area contributed by atoms with Crippen LogP contribution in [0.4, 0.5) is 5.95 Å². The zero-order valence-corrected chi connectivity index (χ0v) is 13.4. The molecule has 0 N–H and O–H groups in total. The number of piperidine rings is 1. The van der Waals surface area contributed by atoms with Gasteiger partial charge in [-0.25, -0.2) is 9.97 Å². The number of hydrogen-bond donors (Lipinski definition) is 0. The molecule has 2 aromatic heterocycles. The van der Waals surface area contributed by atoms with Gasteiger partial charge in [0, 0.05) is 50.4 Å². The Morgan fingerprint density at radius 3 is 2.54 bits per heavy atom. The maximum absolute atomic E-state index is 8.96. The van der Waals surface area contributed by atoms with Crippen LogP contribution in [0.25, 0.3) is 0 Å². The molecular weight excluding hydrogens is 306 g/mol. The average Bonchev–Trinajstić information content (AvgIpc) is 3.32. The predicted molar refractivity (Wildman–Crippen MR) is 85.1 cm³/mol. The zero-order chi connectivity index (χ0) is 16.4. The first-order chi connectivity index (χ1) is 11.8. The SMILES string of the molecule is N#CN1CC[C@@H](c2noc(C3CCN(c4ncccn4)CC3)n2)C1. The molecule has 1 atom stereocenters. The van der Waals surface area contributed by atoms with Crippen LogP contribution in [0.1, 0.15) is 42.8 Å². The number of anilines is 1. The fraction of sp³-hybridized carbons (Fsp3) is 0.562. The highest BCUT2D eigenvalue weighted by molar-refractivity contribution is 5.29. The van der Waals surface area contributed by atoms with E-state index in [2.05, 4.69) is 31.2 Å². The smallest absolute Gasteiger partial charge is 0.229 e. The van der Waals surface area contributed by atoms with Gasteiger partial charge in [-0.2, -0.15) is 10.2 Å². The highest BCUT2D eigenvalue weighted by atomic mass is 16.5. The third kappa shape index (κ3) is 2.89. The Bertz CT molecular complexity index is 718. The summed E-state index contributed by atoms with van der Waals surface area (Å²) in [4.78, 5) is 17.2. The minimum Gasteiger partial charge on any atom is -0.341 e. The Balaban J connectivity index is 1.37. The molecule has 0 unspecified atom stereocenters. The van der Waals surface area contributed by atoms with Crippen molar-refractivity contribution in [1.82, 2.24) is 25.0 Å². The van der Waals surface area contributed by atoms with E-state index in [0.29, 0.717) is 12.5 Å². The molecule has 8 nitrogen and oxygen atoms in total. The number of rotatable bonds is 3. The molecule has 2 saturated heterocycles. The summed E-state index contributed by atoms with van der Waals surface area (Å²) in [5, 5.41) is 13.1. The van der Waals surface area contributed by atoms with Crippen LogP contribution in [-0.4, -0.2) is 51.2 Å². The van der Waals surface area contributed by atoms with Crippen molar-refractivity contribution in [2.24, 2.45) is 0 Å². The second kappa shape index (κ2) is 6.43. The largest absolute Gasteiger partial charge is 0.341 e. The summed E-state index contributed by atoms with van der Waals surface area (Å²) < 4.78 is 5.51. The molecule has 0 amide bonds. The van der Waals surface area contributed by atoms with Gasteiger partial charge in [0.1, 0.15) is 0 Å². The van der Waals surface area contributed by atoms with Gasteiger partial charge in [-0.1, -0.05) is 5.16 Å². The lowest BCUT2D eigenvalue weighted by molar-refractivity contribution is 0.324. The van der Waals surface area contributed by atoms with Gasteiger partial charge < -0.3 is 14.3 Å². The van der Waals surface area contributed by atoms with Crippen molar-refractivity contribution in [3.8, 4) is 6.19 Å². The van der Waals surface area contributed by atoms with E-state index in [1.54, 1.807) is 17.3 Å². The van der Waals surface area contributed by atoms with Crippen molar-refractivity contribution >= 4 is 5.95 Å². The summed E-state index contributed by atoms with van der Waals surface area (Å²) in [6, 6.07) is 1.83. The van der Waals surface area contributed by atoms with Gasteiger partial charge >= 0.3 is 0 Å². The molecule has 2 aliphatic rings. The van der Waals surface area contributed by atoms with E-state index >= 15 is 0 Å². The normalized spacial score (nSPS) is 21.9. The lowest BCUT2D eigenvalue weighted by atomic mass is 9.97. The van der Waals surface area contributed by atoms with Crippen molar-refractivity contribution < 1.29 is 4.52 Å². The lowest BCUT2D eigenvalue weighted by Crippen LogP contribution is -2.34. The first-order valence-corrected chi connectivity index (χ1v) is 8.33. The predicted octanol–water partition coefficient (Wildman–Crippen LogP) is 1.51. The summed E-state index contributed by atoms with van der Waals surface area (Å²) in [5.41, 5.74) is 0. The van der Waals surface area contributed by atoms with Gasteiger partial charge in [0.05, 0.1) is 0 Å². The lowest BCUT2D eigenvalue weighted by Gasteiger charge is -2.30. The molecular formula is C16H19N7O. The fourth-order valence-electron chi connectivity index (χ4n) is 3.42. The third-order valence-electron chi connectivity index (χ3n) is 4.83. The summed E-state index contributed by atoms with van der Waals surface area (Å²) in [6.45, 7) is 3.25. The van der Waals surface area contributed by atoms with Crippen LogP contribution < -0.4 is 4.90 Å². The standard InChI is InChI=1S/C16H19N7O/c17-11-22-7-2-13(10-22)14-20-15(24-21-14)12-3-8-23(9-4-12)16-18-5-1-6-19-16/h1,5-6,12-13H,2-4,7-10H2/t13-/m1/s1. The summed E-state index contributed by atoms with van der Waals surface area (Å²) in [5.74, 6) is 2.76. The molecule has 0 radical (unpaired) electrons. The van der Waals surface area contributed by atoms with E-state index in [1.165, 1.54) is 0 Å². The first-order valence-electron chi connectivity index (χ1n) is 8.33. The highest BCUT2D eigenvalue weighted by Gasteiger charge is 2.30. The Labute approximate surface area is 140 Å². The summed E-state index contributed by atoms with van der Waals surface area (Å²) in [7, 11) is 0. The molecule has 0 bridgehead atoms. The molecule has 4 heterocycles. The molecule has 4 rings (SSSR count). The van der Waals surface area contributed by atoms with Crippen LogP contribution >= 0.6 is 0 Å². The van der Waals surface area contributed by atoms with E-state index < -0.39 is 0 Å². The van der Waals surface area contributed by atoms with Crippen LogP contribution in [0, 0.1) is 11.5 Å². The van der Waals surface area contributed by atoms with Crippen molar-refractivity contribution in [2.45, 2.75) is 31.1 Å². The van der Waals surface area contributed by atoms with E-state index in [-0.39, 0.29) is 5.92 Å². The number of likely N-dealkylation sites (tertiary alicyclic amines) is 1. The number of nitriles is 1. The molecule has 124 valence electrons. The number of hydrogen-bond acceptors (Lipinski definition) is 8. The van der Waals surface area contributed by atoms with Gasteiger partial charge in [-0.3, -0.25) is 0 Å². The average molecular weight is 325 g/mol. The first kappa shape index (κ1) is 14.9. The molecule has 8 heteroatoms. The molecule has 24 heavy (non-hydrogen) atoms. The van der Waals surface area contributed by atoms with Crippen molar-refractivity contribution in [2.75, 3.05) is 31.1 Å². The topological polar surface area (TPSA) is 95.0 Å². The van der Waals surface area contributed by atoms with Crippen molar-refractivity contribution in [1.29, 1.82) is 5.26 Å². The van der Waals surface area contributed by atoms with Crippen LogP contribution in [0.5, 0.6) is 0 Å². The Morgan fingerprint density at radius 1 is 1.08 bits per heavy atom. The van der Waals surface area contributed by atoms with Crippen LogP contribution in [0.15, 0.2) is 23.0 Å². The Morgan fingerprint density at radius 2 is 1.83 bits per heavy atom. The molecule has 2 aliphatic heterocycles. The molecule has 2 fully saturated rings. The number of aromatic nitrogens is 4. The van der Waals surface area contributed by atoms with Crippen LogP contribution in [-0.2, 0) is 0 Å². The van der Waals surface area contributed by atoms with Gasteiger partial charge in [-0.15, -0.1) is 0 Å². The van der Waals surface area contributed by atoms with E-state index in [1.807, 2.05) is 6.07 Å². The minimum atomic E-state index is 0.208. The van der Waals surface area contributed by atoms with Crippen LogP contribution in [0.2, 0.25) is 0 Å². The van der Waals surface area contributed by atoms with E-state index in [9.17, 15) is 0 Å². The molecule has 2 aromatic rings. The van der Waals surface area contributed by atoms with Gasteiger partial charge in [0.25, 0.3) is 0 Å². The second-order valence-corrected chi connectivity index (χ2v) is 6.33. The maximum Gasteiger partial charge on any atom is 0.229 e. The molecule has 0 saturated carbocycles. The summed E-state index contributed by atoms with van der Waals surface area (Å²) in [6.07, 6.45) is 8.54. The van der Waals surface area contributed by atoms with Gasteiger partial charge in [0.2, 0.25) is 11.8 Å². The molecule has 0 aromatic carbocycles. The summed E-state index contributed by atoms with van der Waals surface area (Å²) >= 11 is 0. The third-order valence-corrected chi connectivity index (χ3v) is 4.83. The number of nitrogens with zero attached hydrogens (tertiary/aromatic N) is 7. The van der Waals surface area contributed by atoms with E-state index in [4.69, 9.17) is 9.78 Å².